The van der Waals surface area contributed by atoms with Crippen LogP contribution in [-0.4, -0.2) is 37.6 Å². The van der Waals surface area contributed by atoms with Gasteiger partial charge in [-0.15, -0.1) is 0 Å². The van der Waals surface area contributed by atoms with E-state index in [0.29, 0.717) is 18.5 Å². The molecule has 0 radical (unpaired) electrons. The molecule has 1 atom stereocenters. The van der Waals surface area contributed by atoms with Crippen LogP contribution >= 0.6 is 0 Å². The van der Waals surface area contributed by atoms with Crippen LogP contribution in [0, 0.1) is 5.82 Å². The van der Waals surface area contributed by atoms with Crippen LogP contribution in [0.25, 0.3) is 11.1 Å². The zero-order valence-corrected chi connectivity index (χ0v) is 15.5. The Bertz CT molecular complexity index is 784. The van der Waals surface area contributed by atoms with Crippen molar-refractivity contribution in [2.24, 2.45) is 0 Å². The minimum Gasteiger partial charge on any atom is -0.371 e. The van der Waals surface area contributed by atoms with Gasteiger partial charge in [0.25, 0.3) is 0 Å². The Morgan fingerprint density at radius 1 is 1.04 bits per heavy atom. The third-order valence-electron chi connectivity index (χ3n) is 5.62. The maximum Gasteiger partial charge on any atom is 0.220 e. The maximum absolute atomic E-state index is 13.2. The normalized spacial score (nSPS) is 20.7. The van der Waals surface area contributed by atoms with Crippen LogP contribution in [0.15, 0.2) is 48.5 Å². The molecule has 0 bridgehead atoms. The van der Waals surface area contributed by atoms with Crippen LogP contribution in [0.3, 0.4) is 0 Å². The predicted octanol–water partition coefficient (Wildman–Crippen LogP) is 3.33. The first-order chi connectivity index (χ1) is 13.2. The van der Waals surface area contributed by atoms with Crippen molar-refractivity contribution in [1.82, 2.24) is 10.6 Å². The van der Waals surface area contributed by atoms with Gasteiger partial charge in [-0.3, -0.25) is 4.79 Å². The first-order valence-corrected chi connectivity index (χ1v) is 9.81. The van der Waals surface area contributed by atoms with Crippen LogP contribution in [-0.2, 0) is 4.79 Å². The topological polar surface area (TPSA) is 44.4 Å². The number of piperidine rings is 1. The molecule has 2 aliphatic rings. The molecule has 2 heterocycles. The molecule has 1 unspecified atom stereocenters. The van der Waals surface area contributed by atoms with Crippen LogP contribution in [0.2, 0.25) is 0 Å². The summed E-state index contributed by atoms with van der Waals surface area (Å²) in [4.78, 5) is 13.7. The van der Waals surface area contributed by atoms with Crippen molar-refractivity contribution < 1.29 is 9.18 Å². The van der Waals surface area contributed by atoms with E-state index < -0.39 is 0 Å². The van der Waals surface area contributed by atoms with Crippen LogP contribution < -0.4 is 15.5 Å². The van der Waals surface area contributed by atoms with Crippen LogP contribution in [0.5, 0.6) is 0 Å². The highest BCUT2D eigenvalue weighted by atomic mass is 19.1. The lowest BCUT2D eigenvalue weighted by Gasteiger charge is -2.34. The van der Waals surface area contributed by atoms with Crippen molar-refractivity contribution in [1.29, 1.82) is 0 Å². The minimum atomic E-state index is -0.207. The second-order valence-corrected chi connectivity index (χ2v) is 7.53. The van der Waals surface area contributed by atoms with Crippen molar-refractivity contribution in [3.05, 3.63) is 54.3 Å². The summed E-state index contributed by atoms with van der Waals surface area (Å²) in [7, 11) is 0. The highest BCUT2D eigenvalue weighted by Gasteiger charge is 2.23. The summed E-state index contributed by atoms with van der Waals surface area (Å²) < 4.78 is 13.2. The van der Waals surface area contributed by atoms with E-state index >= 15 is 0 Å². The van der Waals surface area contributed by atoms with E-state index in [-0.39, 0.29) is 11.7 Å². The fourth-order valence-corrected chi connectivity index (χ4v) is 4.01. The molecule has 142 valence electrons. The lowest BCUT2D eigenvalue weighted by molar-refractivity contribution is -0.119. The number of rotatable bonds is 5. The molecule has 2 aromatic rings. The van der Waals surface area contributed by atoms with Gasteiger partial charge in [0.15, 0.2) is 0 Å². The van der Waals surface area contributed by atoms with Gasteiger partial charge in [0.05, 0.1) is 0 Å². The van der Waals surface area contributed by atoms with Crippen molar-refractivity contribution >= 4 is 11.6 Å². The monoisotopic (exact) mass is 367 g/mol. The van der Waals surface area contributed by atoms with Crippen molar-refractivity contribution in [3.8, 4) is 11.1 Å². The number of anilines is 1. The lowest BCUT2D eigenvalue weighted by Crippen LogP contribution is -2.46. The summed E-state index contributed by atoms with van der Waals surface area (Å²) in [5.41, 5.74) is 3.37. The number of carbonyl (C=O) groups excluding carboxylic acids is 1. The molecule has 2 saturated heterocycles. The fourth-order valence-electron chi connectivity index (χ4n) is 4.01. The van der Waals surface area contributed by atoms with Gasteiger partial charge in [-0.25, -0.2) is 4.39 Å². The summed E-state index contributed by atoms with van der Waals surface area (Å²) in [5.74, 6) is -0.0284. The standard InChI is InChI=1S/C22H26FN3O/c23-18-6-4-16(5-7-18)17-2-1-3-21(14-17)26-12-10-19(11-13-26)24-15-20-8-9-22(27)25-20/h1-7,14,19-20,24H,8-13,15H2,(H,25,27). The number of hydrogen-bond donors (Lipinski definition) is 2. The van der Waals surface area contributed by atoms with E-state index in [1.807, 2.05) is 12.1 Å². The molecular formula is C22H26FN3O. The number of halogens is 1. The van der Waals surface area contributed by atoms with E-state index in [4.69, 9.17) is 0 Å². The third kappa shape index (κ3) is 4.48. The Hall–Kier alpha value is -2.40. The Morgan fingerprint density at radius 3 is 2.52 bits per heavy atom. The van der Waals surface area contributed by atoms with Crippen LogP contribution in [0.4, 0.5) is 10.1 Å². The lowest BCUT2D eigenvalue weighted by atomic mass is 10.0. The zero-order chi connectivity index (χ0) is 18.6. The Kier molecular flexibility index (Phi) is 5.39. The predicted molar refractivity (Wildman–Crippen MR) is 106 cm³/mol. The van der Waals surface area contributed by atoms with Gasteiger partial charge in [-0.05, 0) is 54.7 Å². The molecule has 0 aromatic heterocycles. The number of hydrogen-bond acceptors (Lipinski definition) is 3. The van der Waals surface area contributed by atoms with Gasteiger partial charge >= 0.3 is 0 Å². The molecular weight excluding hydrogens is 341 g/mol. The molecule has 0 aliphatic carbocycles. The summed E-state index contributed by atoms with van der Waals surface area (Å²) >= 11 is 0. The smallest absolute Gasteiger partial charge is 0.220 e. The average molecular weight is 367 g/mol. The number of amides is 1. The second kappa shape index (κ2) is 8.09. The molecule has 5 heteroatoms. The van der Waals surface area contributed by atoms with Crippen LogP contribution in [0.1, 0.15) is 25.7 Å². The van der Waals surface area contributed by atoms with Gasteiger partial charge in [-0.2, -0.15) is 0 Å². The van der Waals surface area contributed by atoms with Gasteiger partial charge < -0.3 is 15.5 Å². The summed E-state index contributed by atoms with van der Waals surface area (Å²) in [6.07, 6.45) is 3.80. The molecule has 2 fully saturated rings. The SMILES string of the molecule is O=C1CCC(CNC2CCN(c3cccc(-c4ccc(F)cc4)c3)CC2)N1. The summed E-state index contributed by atoms with van der Waals surface area (Å²) in [6, 6.07) is 15.9. The average Bonchev–Trinajstić information content (AvgIpc) is 3.13. The molecule has 1 amide bonds. The van der Waals surface area contributed by atoms with Crippen molar-refractivity contribution in [2.45, 2.75) is 37.8 Å². The summed E-state index contributed by atoms with van der Waals surface area (Å²) in [6.45, 7) is 2.90. The number of nitrogens with zero attached hydrogens (tertiary/aromatic N) is 1. The molecule has 2 aliphatic heterocycles. The van der Waals surface area contributed by atoms with E-state index in [9.17, 15) is 9.18 Å². The van der Waals surface area contributed by atoms with Gasteiger partial charge in [-0.1, -0.05) is 24.3 Å². The van der Waals surface area contributed by atoms with Gasteiger partial charge in [0, 0.05) is 43.8 Å². The zero-order valence-electron chi connectivity index (χ0n) is 15.5. The fraction of sp³-hybridized carbons (Fsp3) is 0.409. The molecule has 0 spiro atoms. The highest BCUT2D eigenvalue weighted by molar-refractivity contribution is 5.78. The van der Waals surface area contributed by atoms with Crippen molar-refractivity contribution in [2.75, 3.05) is 24.5 Å². The first-order valence-electron chi connectivity index (χ1n) is 9.81. The van der Waals surface area contributed by atoms with Gasteiger partial charge in [0.1, 0.15) is 5.82 Å². The molecule has 0 saturated carbocycles. The Balaban J connectivity index is 1.32. The van der Waals surface area contributed by atoms with E-state index in [1.165, 1.54) is 17.8 Å². The minimum absolute atomic E-state index is 0.178. The molecule has 4 nitrogen and oxygen atoms in total. The number of carbonyl (C=O) groups is 1. The first kappa shape index (κ1) is 18.0. The van der Waals surface area contributed by atoms with E-state index in [1.54, 1.807) is 0 Å². The Morgan fingerprint density at radius 2 is 1.81 bits per heavy atom. The van der Waals surface area contributed by atoms with Crippen molar-refractivity contribution in [3.63, 3.8) is 0 Å². The highest BCUT2D eigenvalue weighted by Crippen LogP contribution is 2.27. The third-order valence-corrected chi connectivity index (χ3v) is 5.62. The molecule has 2 aromatic carbocycles. The Labute approximate surface area is 159 Å². The molecule has 4 rings (SSSR count). The summed E-state index contributed by atoms with van der Waals surface area (Å²) in [5, 5.41) is 6.64. The molecule has 2 N–H and O–H groups in total. The quantitative estimate of drug-likeness (QED) is 0.852. The van der Waals surface area contributed by atoms with Gasteiger partial charge in [0.2, 0.25) is 5.91 Å². The largest absolute Gasteiger partial charge is 0.371 e. The van der Waals surface area contributed by atoms with E-state index in [2.05, 4.69) is 39.8 Å². The maximum atomic E-state index is 13.2. The second-order valence-electron chi connectivity index (χ2n) is 7.53. The van der Waals surface area contributed by atoms with E-state index in [0.717, 1.165) is 50.0 Å². The number of benzene rings is 2. The number of nitrogens with one attached hydrogen (secondary N) is 2. The molecule has 27 heavy (non-hydrogen) atoms.